The Kier molecular flexibility index (Phi) is 6.01. The van der Waals surface area contributed by atoms with Gasteiger partial charge in [0, 0.05) is 13.1 Å². The highest BCUT2D eigenvalue weighted by atomic mass is 19.1. The van der Waals surface area contributed by atoms with E-state index in [1.54, 1.807) is 43.3 Å². The number of likely N-dealkylation sites (N-methyl/N-ethyl adjacent to an activating group) is 1. The maximum absolute atomic E-state index is 13.4. The predicted molar refractivity (Wildman–Crippen MR) is 102 cm³/mol. The van der Waals surface area contributed by atoms with Gasteiger partial charge in [0.25, 0.3) is 0 Å². The summed E-state index contributed by atoms with van der Waals surface area (Å²) in [6.07, 6.45) is 0. The molecule has 1 aliphatic rings. The molecule has 1 aliphatic heterocycles. The standard InChI is InChI=1S/C21H20FN3O4/c1-2-23(12-16-9-6-10-17(22)11-16)18(26)14-25-20(28)19(27)24(21(25)29)13-15-7-4-3-5-8-15/h3-11H,2,12-14H2,1H3. The fraction of sp³-hybridized carbons (Fsp3) is 0.238. The van der Waals surface area contributed by atoms with E-state index in [1.165, 1.54) is 23.1 Å². The molecule has 0 atom stereocenters. The first-order chi connectivity index (χ1) is 13.9. The van der Waals surface area contributed by atoms with Crippen LogP contribution in [0.2, 0.25) is 0 Å². The molecule has 8 heteroatoms. The summed E-state index contributed by atoms with van der Waals surface area (Å²) in [6.45, 7) is 1.57. The zero-order chi connectivity index (χ0) is 21.0. The van der Waals surface area contributed by atoms with Crippen molar-refractivity contribution in [3.63, 3.8) is 0 Å². The van der Waals surface area contributed by atoms with Crippen molar-refractivity contribution in [3.05, 3.63) is 71.5 Å². The van der Waals surface area contributed by atoms with Gasteiger partial charge in [-0.2, -0.15) is 0 Å². The maximum atomic E-state index is 13.4. The third-order valence-electron chi connectivity index (χ3n) is 4.61. The minimum Gasteiger partial charge on any atom is -0.337 e. The zero-order valence-corrected chi connectivity index (χ0v) is 15.9. The highest BCUT2D eigenvalue weighted by Gasteiger charge is 2.45. The average Bonchev–Trinajstić information content (AvgIpc) is 2.91. The summed E-state index contributed by atoms with van der Waals surface area (Å²) in [5, 5.41) is 0. The molecule has 0 saturated carbocycles. The Morgan fingerprint density at radius 3 is 2.24 bits per heavy atom. The first kappa shape index (κ1) is 20.2. The van der Waals surface area contributed by atoms with E-state index in [1.807, 2.05) is 0 Å². The largest absolute Gasteiger partial charge is 0.337 e. The second kappa shape index (κ2) is 8.64. The van der Waals surface area contributed by atoms with Gasteiger partial charge in [0.15, 0.2) is 0 Å². The van der Waals surface area contributed by atoms with E-state index in [2.05, 4.69) is 0 Å². The zero-order valence-electron chi connectivity index (χ0n) is 15.9. The summed E-state index contributed by atoms with van der Waals surface area (Å²) in [5.41, 5.74) is 1.28. The molecule has 1 fully saturated rings. The topological polar surface area (TPSA) is 78.0 Å². The van der Waals surface area contributed by atoms with Crippen LogP contribution in [0.25, 0.3) is 0 Å². The summed E-state index contributed by atoms with van der Waals surface area (Å²) in [6, 6.07) is 13.8. The molecule has 0 radical (unpaired) electrons. The molecule has 1 saturated heterocycles. The van der Waals surface area contributed by atoms with Crippen molar-refractivity contribution >= 4 is 23.8 Å². The Morgan fingerprint density at radius 1 is 0.931 bits per heavy atom. The van der Waals surface area contributed by atoms with Crippen LogP contribution in [0, 0.1) is 5.82 Å². The van der Waals surface area contributed by atoms with E-state index >= 15 is 0 Å². The van der Waals surface area contributed by atoms with E-state index in [0.717, 1.165) is 4.90 Å². The third kappa shape index (κ3) is 4.48. The highest BCUT2D eigenvalue weighted by molar-refractivity contribution is 6.44. The molecular weight excluding hydrogens is 377 g/mol. The molecule has 0 aliphatic carbocycles. The highest BCUT2D eigenvalue weighted by Crippen LogP contribution is 2.17. The van der Waals surface area contributed by atoms with Crippen molar-refractivity contribution in [1.29, 1.82) is 0 Å². The SMILES string of the molecule is CCN(Cc1cccc(F)c1)C(=O)CN1C(=O)C(=O)N(Cc2ccccc2)C1=O. The van der Waals surface area contributed by atoms with Crippen LogP contribution in [0.5, 0.6) is 0 Å². The second-order valence-electron chi connectivity index (χ2n) is 6.59. The lowest BCUT2D eigenvalue weighted by atomic mass is 10.2. The summed E-state index contributed by atoms with van der Waals surface area (Å²) < 4.78 is 13.4. The van der Waals surface area contributed by atoms with Crippen LogP contribution >= 0.6 is 0 Å². The number of carbonyl (C=O) groups is 4. The van der Waals surface area contributed by atoms with Crippen LogP contribution in [-0.2, 0) is 27.5 Å². The van der Waals surface area contributed by atoms with E-state index in [-0.39, 0.29) is 13.1 Å². The van der Waals surface area contributed by atoms with Crippen molar-refractivity contribution in [2.45, 2.75) is 20.0 Å². The number of carbonyl (C=O) groups excluding carboxylic acids is 4. The fourth-order valence-electron chi connectivity index (χ4n) is 3.06. The van der Waals surface area contributed by atoms with Gasteiger partial charge in [0.2, 0.25) is 5.91 Å². The van der Waals surface area contributed by atoms with Gasteiger partial charge in [-0.1, -0.05) is 42.5 Å². The van der Waals surface area contributed by atoms with Gasteiger partial charge in [-0.05, 0) is 30.2 Å². The molecular formula is C21H20FN3O4. The number of urea groups is 1. The number of nitrogens with zero attached hydrogens (tertiary/aromatic N) is 3. The first-order valence-electron chi connectivity index (χ1n) is 9.14. The van der Waals surface area contributed by atoms with Crippen molar-refractivity contribution in [3.8, 4) is 0 Å². The quantitative estimate of drug-likeness (QED) is 0.530. The molecule has 7 nitrogen and oxygen atoms in total. The molecule has 2 aromatic carbocycles. The van der Waals surface area contributed by atoms with Crippen molar-refractivity contribution in [1.82, 2.24) is 14.7 Å². The van der Waals surface area contributed by atoms with Crippen LogP contribution in [0.4, 0.5) is 9.18 Å². The van der Waals surface area contributed by atoms with Gasteiger partial charge in [-0.3, -0.25) is 19.3 Å². The minimum absolute atomic E-state index is 0.0459. The fourth-order valence-corrected chi connectivity index (χ4v) is 3.06. The van der Waals surface area contributed by atoms with E-state index in [0.29, 0.717) is 22.6 Å². The predicted octanol–water partition coefficient (Wildman–Crippen LogP) is 2.17. The number of benzene rings is 2. The van der Waals surface area contributed by atoms with E-state index in [9.17, 15) is 23.6 Å². The molecule has 2 aromatic rings. The number of amides is 5. The number of hydrogen-bond donors (Lipinski definition) is 0. The molecule has 0 N–H and O–H groups in total. The summed E-state index contributed by atoms with van der Waals surface area (Å²) in [7, 11) is 0. The molecule has 150 valence electrons. The summed E-state index contributed by atoms with van der Waals surface area (Å²) in [5.74, 6) is -2.91. The van der Waals surface area contributed by atoms with Gasteiger partial charge < -0.3 is 4.90 Å². The average molecular weight is 397 g/mol. The summed E-state index contributed by atoms with van der Waals surface area (Å²) in [4.78, 5) is 52.6. The number of imide groups is 2. The van der Waals surface area contributed by atoms with Crippen LogP contribution < -0.4 is 0 Å². The third-order valence-corrected chi connectivity index (χ3v) is 4.61. The van der Waals surface area contributed by atoms with Crippen LogP contribution in [0.1, 0.15) is 18.1 Å². The molecule has 29 heavy (non-hydrogen) atoms. The minimum atomic E-state index is -1.03. The smallest absolute Gasteiger partial charge is 0.335 e. The van der Waals surface area contributed by atoms with Gasteiger partial charge in [-0.15, -0.1) is 0 Å². The molecule has 1 heterocycles. The lowest BCUT2D eigenvalue weighted by Crippen LogP contribution is -2.43. The molecule has 0 bridgehead atoms. The Morgan fingerprint density at radius 2 is 1.59 bits per heavy atom. The number of rotatable bonds is 7. The maximum Gasteiger partial charge on any atom is 0.335 e. The van der Waals surface area contributed by atoms with Gasteiger partial charge in [-0.25, -0.2) is 14.1 Å². The van der Waals surface area contributed by atoms with Crippen LogP contribution in [0.15, 0.2) is 54.6 Å². The van der Waals surface area contributed by atoms with E-state index in [4.69, 9.17) is 0 Å². The van der Waals surface area contributed by atoms with E-state index < -0.39 is 36.1 Å². The Labute approximate surface area is 167 Å². The molecule has 3 rings (SSSR count). The van der Waals surface area contributed by atoms with Gasteiger partial charge >= 0.3 is 17.8 Å². The Hall–Kier alpha value is -3.55. The molecule has 0 unspecified atom stereocenters. The Bertz CT molecular complexity index is 948. The van der Waals surface area contributed by atoms with Crippen LogP contribution in [0.3, 0.4) is 0 Å². The van der Waals surface area contributed by atoms with Crippen LogP contribution in [-0.4, -0.2) is 51.5 Å². The normalized spacial score (nSPS) is 13.9. The monoisotopic (exact) mass is 397 g/mol. The lowest BCUT2D eigenvalue weighted by molar-refractivity contribution is -0.145. The number of hydrogen-bond acceptors (Lipinski definition) is 4. The Balaban J connectivity index is 1.69. The van der Waals surface area contributed by atoms with Gasteiger partial charge in [0.05, 0.1) is 6.54 Å². The van der Waals surface area contributed by atoms with Gasteiger partial charge in [0.1, 0.15) is 12.4 Å². The second-order valence-corrected chi connectivity index (χ2v) is 6.59. The summed E-state index contributed by atoms with van der Waals surface area (Å²) >= 11 is 0. The molecule has 0 spiro atoms. The molecule has 5 amide bonds. The first-order valence-corrected chi connectivity index (χ1v) is 9.14. The lowest BCUT2D eigenvalue weighted by Gasteiger charge is -2.23. The van der Waals surface area contributed by atoms with Crippen molar-refractivity contribution < 1.29 is 23.6 Å². The van der Waals surface area contributed by atoms with Crippen molar-refractivity contribution in [2.24, 2.45) is 0 Å². The number of halogens is 1. The molecule has 0 aromatic heterocycles. The van der Waals surface area contributed by atoms with Crippen molar-refractivity contribution in [2.75, 3.05) is 13.1 Å².